The highest BCUT2D eigenvalue weighted by Gasteiger charge is 2.32. The number of nitrogens with one attached hydrogen (secondary N) is 1. The average Bonchev–Trinajstić information content (AvgIpc) is 2.81. The molecule has 7 heteroatoms. The van der Waals surface area contributed by atoms with Crippen molar-refractivity contribution in [1.82, 2.24) is 14.5 Å². The van der Waals surface area contributed by atoms with Crippen molar-refractivity contribution in [3.63, 3.8) is 0 Å². The maximum absolute atomic E-state index is 12.0. The summed E-state index contributed by atoms with van der Waals surface area (Å²) in [5.41, 5.74) is 0.0327. The number of ether oxygens (including phenoxy) is 1. The topological polar surface area (TPSA) is 67.4 Å². The molecular weight excluding hydrogens is 252 g/mol. The van der Waals surface area contributed by atoms with Crippen LogP contribution in [0.5, 0.6) is 0 Å². The van der Waals surface area contributed by atoms with E-state index in [1.807, 2.05) is 0 Å². The molecule has 1 unspecified atom stereocenters. The van der Waals surface area contributed by atoms with E-state index < -0.39 is 0 Å². The third-order valence-corrected chi connectivity index (χ3v) is 3.49. The van der Waals surface area contributed by atoms with Gasteiger partial charge in [-0.2, -0.15) is 0 Å². The number of hydrogen-bond acceptors (Lipinski definition) is 5. The van der Waals surface area contributed by atoms with E-state index in [-0.39, 0.29) is 17.6 Å². The van der Waals surface area contributed by atoms with Crippen molar-refractivity contribution < 1.29 is 9.53 Å². The Labute approximate surface area is 110 Å². The minimum Gasteiger partial charge on any atom is -0.374 e. The summed E-state index contributed by atoms with van der Waals surface area (Å²) in [6, 6.07) is -0.112. The number of urea groups is 1. The van der Waals surface area contributed by atoms with Crippen molar-refractivity contribution >= 4 is 22.6 Å². The molecule has 0 aliphatic carbocycles. The van der Waals surface area contributed by atoms with E-state index in [2.05, 4.69) is 35.7 Å². The molecule has 18 heavy (non-hydrogen) atoms. The van der Waals surface area contributed by atoms with E-state index in [0.29, 0.717) is 24.7 Å². The molecular formula is C11H18N4O2S. The van der Waals surface area contributed by atoms with Crippen LogP contribution in [0.25, 0.3) is 0 Å². The highest BCUT2D eigenvalue weighted by atomic mass is 32.1. The number of carbonyl (C=O) groups is 1. The molecule has 1 saturated heterocycles. The Kier molecular flexibility index (Phi) is 3.82. The SMILES string of the molecule is CC(C)(C)C1CN(C(=O)Nc2cnns2)CCO1. The number of amides is 2. The Morgan fingerprint density at radius 1 is 1.61 bits per heavy atom. The monoisotopic (exact) mass is 270 g/mol. The van der Waals surface area contributed by atoms with Crippen LogP contribution in [0.15, 0.2) is 6.20 Å². The zero-order chi connectivity index (χ0) is 13.2. The quantitative estimate of drug-likeness (QED) is 0.845. The molecule has 1 atom stereocenters. The first-order chi connectivity index (χ1) is 8.47. The van der Waals surface area contributed by atoms with Crippen LogP contribution in [0.3, 0.4) is 0 Å². The van der Waals surface area contributed by atoms with Crippen LogP contribution in [0, 0.1) is 5.41 Å². The summed E-state index contributed by atoms with van der Waals surface area (Å²) in [6.45, 7) is 8.16. The predicted octanol–water partition coefficient (Wildman–Crippen LogP) is 1.82. The Morgan fingerprint density at radius 2 is 2.39 bits per heavy atom. The lowest BCUT2D eigenvalue weighted by atomic mass is 9.88. The van der Waals surface area contributed by atoms with Gasteiger partial charge >= 0.3 is 6.03 Å². The summed E-state index contributed by atoms with van der Waals surface area (Å²) in [5, 5.41) is 7.14. The zero-order valence-corrected chi connectivity index (χ0v) is 11.7. The Bertz CT molecular complexity index is 402. The molecule has 100 valence electrons. The normalized spacial score (nSPS) is 20.8. The smallest absolute Gasteiger partial charge is 0.322 e. The van der Waals surface area contributed by atoms with Crippen molar-refractivity contribution in [3.8, 4) is 0 Å². The van der Waals surface area contributed by atoms with Crippen molar-refractivity contribution in [2.75, 3.05) is 25.0 Å². The van der Waals surface area contributed by atoms with Crippen LogP contribution in [0.2, 0.25) is 0 Å². The predicted molar refractivity (Wildman–Crippen MR) is 69.7 cm³/mol. The number of aromatic nitrogens is 2. The lowest BCUT2D eigenvalue weighted by Gasteiger charge is -2.39. The molecule has 0 aromatic carbocycles. The second-order valence-corrected chi connectivity index (χ2v) is 6.17. The van der Waals surface area contributed by atoms with E-state index in [9.17, 15) is 4.79 Å². The summed E-state index contributed by atoms with van der Waals surface area (Å²) in [6.07, 6.45) is 1.61. The molecule has 0 bridgehead atoms. The van der Waals surface area contributed by atoms with E-state index in [4.69, 9.17) is 4.74 Å². The summed E-state index contributed by atoms with van der Waals surface area (Å²) >= 11 is 1.17. The van der Waals surface area contributed by atoms with Gasteiger partial charge in [0.15, 0.2) is 0 Å². The second-order valence-electron chi connectivity index (χ2n) is 5.38. The minimum atomic E-state index is -0.112. The van der Waals surface area contributed by atoms with Crippen LogP contribution in [-0.4, -0.2) is 46.3 Å². The van der Waals surface area contributed by atoms with Crippen molar-refractivity contribution in [2.45, 2.75) is 26.9 Å². The van der Waals surface area contributed by atoms with Crippen LogP contribution >= 0.6 is 11.5 Å². The largest absolute Gasteiger partial charge is 0.374 e. The first-order valence-corrected chi connectivity index (χ1v) is 6.69. The summed E-state index contributed by atoms with van der Waals surface area (Å²) < 4.78 is 9.42. The highest BCUT2D eigenvalue weighted by molar-refractivity contribution is 7.10. The summed E-state index contributed by atoms with van der Waals surface area (Å²) in [7, 11) is 0. The van der Waals surface area contributed by atoms with Gasteiger partial charge < -0.3 is 9.64 Å². The van der Waals surface area contributed by atoms with Gasteiger partial charge in [0, 0.05) is 24.6 Å². The molecule has 1 aliphatic rings. The minimum absolute atomic E-state index is 0.0327. The fourth-order valence-electron chi connectivity index (χ4n) is 1.76. The molecule has 0 saturated carbocycles. The molecule has 1 fully saturated rings. The van der Waals surface area contributed by atoms with Gasteiger partial charge in [0.1, 0.15) is 5.00 Å². The maximum Gasteiger partial charge on any atom is 0.322 e. The molecule has 2 amide bonds. The van der Waals surface area contributed by atoms with Gasteiger partial charge in [0.2, 0.25) is 0 Å². The van der Waals surface area contributed by atoms with E-state index in [1.54, 1.807) is 11.1 Å². The number of hydrogen-bond donors (Lipinski definition) is 1. The summed E-state index contributed by atoms with van der Waals surface area (Å²) in [4.78, 5) is 13.8. The van der Waals surface area contributed by atoms with Crippen molar-refractivity contribution in [1.29, 1.82) is 0 Å². The lowest BCUT2D eigenvalue weighted by molar-refractivity contribution is -0.0664. The van der Waals surface area contributed by atoms with Gasteiger partial charge in [0.25, 0.3) is 0 Å². The van der Waals surface area contributed by atoms with Crippen LogP contribution in [0.4, 0.5) is 9.80 Å². The van der Waals surface area contributed by atoms with Gasteiger partial charge in [-0.05, 0) is 5.41 Å². The van der Waals surface area contributed by atoms with E-state index in [0.717, 1.165) is 0 Å². The van der Waals surface area contributed by atoms with E-state index in [1.165, 1.54) is 11.5 Å². The number of nitrogens with zero attached hydrogens (tertiary/aromatic N) is 3. The Hall–Kier alpha value is -1.21. The van der Waals surface area contributed by atoms with Gasteiger partial charge in [0.05, 0.1) is 18.9 Å². The van der Waals surface area contributed by atoms with Gasteiger partial charge in [-0.3, -0.25) is 5.32 Å². The molecule has 1 aromatic heterocycles. The average molecular weight is 270 g/mol. The second kappa shape index (κ2) is 5.19. The van der Waals surface area contributed by atoms with Crippen LogP contribution in [0.1, 0.15) is 20.8 Å². The maximum atomic E-state index is 12.0. The van der Waals surface area contributed by atoms with Crippen molar-refractivity contribution in [3.05, 3.63) is 6.20 Å². The molecule has 1 N–H and O–H groups in total. The molecule has 2 heterocycles. The standard InChI is InChI=1S/C11H18N4O2S/c1-11(2,3)8-7-15(4-5-17-8)10(16)13-9-6-12-14-18-9/h6,8H,4-5,7H2,1-3H3,(H,13,16). The molecule has 1 aliphatic heterocycles. The molecule has 0 radical (unpaired) electrons. The van der Waals surface area contributed by atoms with Gasteiger partial charge in [-0.15, -0.1) is 5.10 Å². The zero-order valence-electron chi connectivity index (χ0n) is 10.8. The third kappa shape index (κ3) is 3.17. The number of carbonyl (C=O) groups excluding carboxylic acids is 1. The third-order valence-electron chi connectivity index (χ3n) is 2.91. The number of morpholine rings is 1. The fourth-order valence-corrected chi connectivity index (χ4v) is 2.17. The summed E-state index contributed by atoms with van der Waals surface area (Å²) in [5.74, 6) is 0. The molecule has 2 rings (SSSR count). The molecule has 0 spiro atoms. The van der Waals surface area contributed by atoms with E-state index >= 15 is 0 Å². The Balaban J connectivity index is 1.94. The van der Waals surface area contributed by atoms with Gasteiger partial charge in [-0.25, -0.2) is 4.79 Å². The van der Waals surface area contributed by atoms with Crippen LogP contribution in [-0.2, 0) is 4.74 Å². The highest BCUT2D eigenvalue weighted by Crippen LogP contribution is 2.25. The number of rotatable bonds is 1. The Morgan fingerprint density at radius 3 is 3.00 bits per heavy atom. The van der Waals surface area contributed by atoms with Crippen molar-refractivity contribution in [2.24, 2.45) is 5.41 Å². The first-order valence-electron chi connectivity index (χ1n) is 5.92. The molecule has 1 aromatic rings. The fraction of sp³-hybridized carbons (Fsp3) is 0.727. The number of anilines is 1. The molecule has 6 nitrogen and oxygen atoms in total. The van der Waals surface area contributed by atoms with Gasteiger partial charge in [-0.1, -0.05) is 25.3 Å². The first kappa shape index (κ1) is 13.2. The van der Waals surface area contributed by atoms with Crippen LogP contribution < -0.4 is 5.32 Å². The lowest BCUT2D eigenvalue weighted by Crippen LogP contribution is -2.51.